The number of aliphatic hydroxyl groups is 1. The van der Waals surface area contributed by atoms with Crippen LogP contribution >= 0.6 is 0 Å². The molecular formula is C16H21NO4. The molecule has 1 atom stereocenters. The summed E-state index contributed by atoms with van der Waals surface area (Å²) < 4.78 is 0. The summed E-state index contributed by atoms with van der Waals surface area (Å²) in [5, 5.41) is 21.6. The van der Waals surface area contributed by atoms with Crippen molar-refractivity contribution in [3.05, 3.63) is 35.4 Å². The maximum atomic E-state index is 11.9. The van der Waals surface area contributed by atoms with Gasteiger partial charge in [0.1, 0.15) is 6.10 Å². The van der Waals surface area contributed by atoms with Crippen molar-refractivity contribution in [3.8, 4) is 0 Å². The molecule has 1 fully saturated rings. The number of nitrogens with one attached hydrogen (secondary N) is 1. The van der Waals surface area contributed by atoms with Crippen molar-refractivity contribution in [1.82, 2.24) is 5.32 Å². The smallest absolute Gasteiger partial charge is 0.335 e. The Bertz CT molecular complexity index is 492. The van der Waals surface area contributed by atoms with Gasteiger partial charge < -0.3 is 15.5 Å². The van der Waals surface area contributed by atoms with Gasteiger partial charge in [0.25, 0.3) is 0 Å². The summed E-state index contributed by atoms with van der Waals surface area (Å²) in [5.74, 6) is -1.25. The van der Waals surface area contributed by atoms with Gasteiger partial charge in [0, 0.05) is 6.54 Å². The summed E-state index contributed by atoms with van der Waals surface area (Å²) in [7, 11) is 0. The lowest BCUT2D eigenvalue weighted by atomic mass is 9.85. The van der Waals surface area contributed by atoms with Crippen LogP contribution in [0.1, 0.15) is 48.0 Å². The third-order valence-corrected chi connectivity index (χ3v) is 4.03. The number of amides is 1. The molecule has 114 valence electrons. The average Bonchev–Trinajstić information content (AvgIpc) is 2.53. The number of rotatable bonds is 5. The number of aromatic carboxylic acids is 1. The first-order valence-electron chi connectivity index (χ1n) is 7.36. The second-order valence-corrected chi connectivity index (χ2v) is 5.56. The Morgan fingerprint density at radius 1 is 1.14 bits per heavy atom. The van der Waals surface area contributed by atoms with Gasteiger partial charge in [0.15, 0.2) is 0 Å². The minimum Gasteiger partial charge on any atom is -0.478 e. The molecule has 1 amide bonds. The number of benzene rings is 1. The molecule has 1 aliphatic carbocycles. The molecule has 2 rings (SSSR count). The molecule has 0 radical (unpaired) electrons. The molecule has 5 heteroatoms. The summed E-state index contributed by atoms with van der Waals surface area (Å²) in [6, 6.07) is 6.33. The first-order valence-corrected chi connectivity index (χ1v) is 7.36. The number of hydrogen-bond acceptors (Lipinski definition) is 3. The maximum Gasteiger partial charge on any atom is 0.335 e. The van der Waals surface area contributed by atoms with Crippen LogP contribution in [0.15, 0.2) is 24.3 Å². The second-order valence-electron chi connectivity index (χ2n) is 5.56. The van der Waals surface area contributed by atoms with Gasteiger partial charge in [-0.1, -0.05) is 31.4 Å². The van der Waals surface area contributed by atoms with Gasteiger partial charge >= 0.3 is 5.97 Å². The van der Waals surface area contributed by atoms with E-state index in [0.29, 0.717) is 6.54 Å². The number of carboxylic acid groups (broad SMARTS) is 1. The third kappa shape index (κ3) is 4.29. The van der Waals surface area contributed by atoms with Crippen molar-refractivity contribution in [2.75, 3.05) is 0 Å². The molecule has 0 spiro atoms. The summed E-state index contributed by atoms with van der Waals surface area (Å²) in [6.45, 7) is 0.294. The van der Waals surface area contributed by atoms with Crippen LogP contribution < -0.4 is 5.32 Å². The van der Waals surface area contributed by atoms with Crippen LogP contribution in [0.3, 0.4) is 0 Å². The predicted molar refractivity (Wildman–Crippen MR) is 77.8 cm³/mol. The third-order valence-electron chi connectivity index (χ3n) is 4.03. The number of carboxylic acids is 1. The molecule has 0 heterocycles. The zero-order valence-corrected chi connectivity index (χ0v) is 11.9. The molecule has 0 saturated heterocycles. The van der Waals surface area contributed by atoms with Crippen molar-refractivity contribution in [3.63, 3.8) is 0 Å². The Kier molecular flexibility index (Phi) is 5.33. The van der Waals surface area contributed by atoms with Crippen molar-refractivity contribution in [2.45, 2.75) is 44.8 Å². The van der Waals surface area contributed by atoms with Crippen LogP contribution in [0.25, 0.3) is 0 Å². The van der Waals surface area contributed by atoms with Gasteiger partial charge in [-0.3, -0.25) is 4.79 Å². The minimum absolute atomic E-state index is 0.0631. The fourth-order valence-electron chi connectivity index (χ4n) is 2.72. The second kappa shape index (κ2) is 7.22. The van der Waals surface area contributed by atoms with Crippen molar-refractivity contribution in [2.24, 2.45) is 5.92 Å². The van der Waals surface area contributed by atoms with Gasteiger partial charge in [-0.05, 0) is 36.5 Å². The van der Waals surface area contributed by atoms with Gasteiger partial charge in [-0.15, -0.1) is 0 Å². The number of hydrogen-bond donors (Lipinski definition) is 3. The summed E-state index contributed by atoms with van der Waals surface area (Å²) in [5.41, 5.74) is 1.02. The van der Waals surface area contributed by atoms with Gasteiger partial charge in [0.05, 0.1) is 5.56 Å². The van der Waals surface area contributed by atoms with Crippen LogP contribution in [-0.4, -0.2) is 28.2 Å². The molecule has 1 aromatic carbocycles. The van der Waals surface area contributed by atoms with Crippen LogP contribution in [0.4, 0.5) is 0 Å². The lowest BCUT2D eigenvalue weighted by molar-refractivity contribution is -0.132. The van der Waals surface area contributed by atoms with Crippen LogP contribution in [0.5, 0.6) is 0 Å². The highest BCUT2D eigenvalue weighted by molar-refractivity contribution is 5.87. The molecule has 1 aromatic rings. The zero-order chi connectivity index (χ0) is 15.2. The summed E-state index contributed by atoms with van der Waals surface area (Å²) in [4.78, 5) is 22.7. The molecule has 0 bridgehead atoms. The number of carbonyl (C=O) groups is 2. The minimum atomic E-state index is -0.974. The van der Waals surface area contributed by atoms with Crippen LogP contribution in [-0.2, 0) is 11.3 Å². The largest absolute Gasteiger partial charge is 0.478 e. The Morgan fingerprint density at radius 2 is 1.76 bits per heavy atom. The SMILES string of the molecule is O=C(O)c1ccc(CNC(=O)C(O)C2CCCCC2)cc1. The molecule has 0 aliphatic heterocycles. The Hall–Kier alpha value is -1.88. The normalized spacial score (nSPS) is 17.2. The van der Waals surface area contributed by atoms with Crippen LogP contribution in [0, 0.1) is 5.92 Å². The van der Waals surface area contributed by atoms with E-state index in [9.17, 15) is 14.7 Å². The van der Waals surface area contributed by atoms with Crippen molar-refractivity contribution < 1.29 is 19.8 Å². The number of aliphatic hydroxyl groups excluding tert-OH is 1. The first kappa shape index (κ1) is 15.5. The van der Waals surface area contributed by atoms with Gasteiger partial charge in [0.2, 0.25) is 5.91 Å². The topological polar surface area (TPSA) is 86.6 Å². The zero-order valence-electron chi connectivity index (χ0n) is 11.9. The fraction of sp³-hybridized carbons (Fsp3) is 0.500. The highest BCUT2D eigenvalue weighted by Crippen LogP contribution is 2.26. The quantitative estimate of drug-likeness (QED) is 0.774. The van der Waals surface area contributed by atoms with E-state index < -0.39 is 12.1 Å². The maximum absolute atomic E-state index is 11.9. The van der Waals surface area contributed by atoms with Crippen molar-refractivity contribution >= 4 is 11.9 Å². The van der Waals surface area contributed by atoms with Gasteiger partial charge in [-0.25, -0.2) is 4.79 Å². The van der Waals surface area contributed by atoms with Crippen molar-refractivity contribution in [1.29, 1.82) is 0 Å². The Labute approximate surface area is 124 Å². The van der Waals surface area contributed by atoms with Crippen LogP contribution in [0.2, 0.25) is 0 Å². The standard InChI is InChI=1S/C16H21NO4/c18-14(12-4-2-1-3-5-12)15(19)17-10-11-6-8-13(9-7-11)16(20)21/h6-9,12,14,18H,1-5,10H2,(H,17,19)(H,20,21). The molecule has 1 aliphatic rings. The lowest BCUT2D eigenvalue weighted by Gasteiger charge is -2.25. The molecule has 1 saturated carbocycles. The highest BCUT2D eigenvalue weighted by Gasteiger charge is 2.27. The Morgan fingerprint density at radius 3 is 2.33 bits per heavy atom. The van der Waals surface area contributed by atoms with E-state index >= 15 is 0 Å². The molecule has 1 unspecified atom stereocenters. The molecule has 3 N–H and O–H groups in total. The van der Waals surface area contributed by atoms with E-state index in [1.165, 1.54) is 18.6 Å². The number of carbonyl (C=O) groups excluding carboxylic acids is 1. The molecule has 21 heavy (non-hydrogen) atoms. The monoisotopic (exact) mass is 291 g/mol. The van der Waals surface area contributed by atoms with E-state index in [1.807, 2.05) is 0 Å². The van der Waals surface area contributed by atoms with E-state index in [0.717, 1.165) is 31.2 Å². The highest BCUT2D eigenvalue weighted by atomic mass is 16.4. The lowest BCUT2D eigenvalue weighted by Crippen LogP contribution is -2.39. The summed E-state index contributed by atoms with van der Waals surface area (Å²) in [6.07, 6.45) is 4.20. The Balaban J connectivity index is 1.83. The predicted octanol–water partition coefficient (Wildman–Crippen LogP) is 1.94. The van der Waals surface area contributed by atoms with Gasteiger partial charge in [-0.2, -0.15) is 0 Å². The van der Waals surface area contributed by atoms with E-state index in [2.05, 4.69) is 5.32 Å². The molecular weight excluding hydrogens is 270 g/mol. The fourth-order valence-corrected chi connectivity index (χ4v) is 2.72. The summed E-state index contributed by atoms with van der Waals surface area (Å²) >= 11 is 0. The van der Waals surface area contributed by atoms with E-state index in [4.69, 9.17) is 5.11 Å². The first-order chi connectivity index (χ1) is 10.1. The van der Waals surface area contributed by atoms with E-state index in [-0.39, 0.29) is 17.4 Å². The molecule has 0 aromatic heterocycles. The molecule has 5 nitrogen and oxygen atoms in total. The average molecular weight is 291 g/mol. The van der Waals surface area contributed by atoms with E-state index in [1.54, 1.807) is 12.1 Å².